The molecule has 4 aromatic rings. The molecule has 1 N–H and O–H groups in total. The van der Waals surface area contributed by atoms with E-state index < -0.39 is 0 Å². The molecule has 0 atom stereocenters. The maximum Gasteiger partial charge on any atom is 0.250 e. The minimum Gasteiger partial charge on any atom is -0.497 e. The number of nitrogens with zero attached hydrogens (tertiary/aromatic N) is 3. The van der Waals surface area contributed by atoms with Crippen molar-refractivity contribution in [3.05, 3.63) is 53.4 Å². The van der Waals surface area contributed by atoms with Crippen LogP contribution in [-0.2, 0) is 11.2 Å². The summed E-state index contributed by atoms with van der Waals surface area (Å²) in [4.78, 5) is 17.6. The van der Waals surface area contributed by atoms with E-state index in [-0.39, 0.29) is 18.3 Å². The Morgan fingerprint density at radius 1 is 1.07 bits per heavy atom. The first-order valence-corrected chi connectivity index (χ1v) is 9.98. The Labute approximate surface area is 177 Å². The molecule has 9 heteroatoms. The number of benzene rings is 2. The summed E-state index contributed by atoms with van der Waals surface area (Å²) in [5.41, 5.74) is 2.62. The first kappa shape index (κ1) is 19.7. The van der Waals surface area contributed by atoms with Crippen molar-refractivity contribution in [2.75, 3.05) is 26.6 Å². The summed E-state index contributed by atoms with van der Waals surface area (Å²) >= 11 is 1.45. The van der Waals surface area contributed by atoms with Crippen molar-refractivity contribution in [3.63, 3.8) is 0 Å². The van der Waals surface area contributed by atoms with Crippen molar-refractivity contribution in [2.24, 2.45) is 0 Å². The molecule has 154 valence electrons. The van der Waals surface area contributed by atoms with E-state index in [0.29, 0.717) is 16.5 Å². The molecule has 2 aromatic carbocycles. The average molecular weight is 424 g/mol. The predicted octanol–water partition coefficient (Wildman–Crippen LogP) is 3.66. The minimum atomic E-state index is -0.219. The van der Waals surface area contributed by atoms with Gasteiger partial charge in [-0.1, -0.05) is 18.2 Å². The Morgan fingerprint density at radius 2 is 1.90 bits per heavy atom. The summed E-state index contributed by atoms with van der Waals surface area (Å²) in [7, 11) is 4.76. The summed E-state index contributed by atoms with van der Waals surface area (Å²) in [5.74, 6) is 1.99. The third-order valence-corrected chi connectivity index (χ3v) is 5.33. The van der Waals surface area contributed by atoms with Gasteiger partial charge in [0.25, 0.3) is 0 Å². The van der Waals surface area contributed by atoms with Crippen LogP contribution in [0.15, 0.2) is 47.8 Å². The highest BCUT2D eigenvalue weighted by atomic mass is 32.1. The average Bonchev–Trinajstić information content (AvgIpc) is 3.33. The topological polar surface area (TPSA) is 87.0 Å². The van der Waals surface area contributed by atoms with Gasteiger partial charge < -0.3 is 14.2 Å². The van der Waals surface area contributed by atoms with Crippen LogP contribution < -0.4 is 19.5 Å². The number of carbonyl (C=O) groups excluding carboxylic acids is 1. The first-order chi connectivity index (χ1) is 14.6. The van der Waals surface area contributed by atoms with Gasteiger partial charge in [0.15, 0.2) is 11.5 Å². The van der Waals surface area contributed by atoms with Gasteiger partial charge in [-0.05, 0) is 29.8 Å². The first-order valence-electron chi connectivity index (χ1n) is 9.10. The van der Waals surface area contributed by atoms with E-state index in [0.717, 1.165) is 22.6 Å². The Bertz CT molecular complexity index is 1200. The molecule has 0 spiro atoms. The lowest BCUT2D eigenvalue weighted by Gasteiger charge is -2.09. The Kier molecular flexibility index (Phi) is 5.53. The van der Waals surface area contributed by atoms with Crippen LogP contribution in [0.1, 0.15) is 5.56 Å². The quantitative estimate of drug-likeness (QED) is 0.487. The fraction of sp³-hybridized carbons (Fsp3) is 0.190. The second-order valence-electron chi connectivity index (χ2n) is 6.40. The molecule has 0 unspecified atom stereocenters. The number of hydrogen-bond acceptors (Lipinski definition) is 7. The highest BCUT2D eigenvalue weighted by molar-refractivity contribution is 7.15. The molecule has 2 heterocycles. The molecule has 8 nitrogen and oxygen atoms in total. The second-order valence-corrected chi connectivity index (χ2v) is 7.23. The summed E-state index contributed by atoms with van der Waals surface area (Å²) in [6.07, 6.45) is 0.163. The molecule has 0 radical (unpaired) electrons. The van der Waals surface area contributed by atoms with E-state index in [4.69, 9.17) is 14.2 Å². The lowest BCUT2D eigenvalue weighted by Crippen LogP contribution is -2.15. The van der Waals surface area contributed by atoms with Crippen LogP contribution in [0.25, 0.3) is 16.2 Å². The third kappa shape index (κ3) is 3.92. The van der Waals surface area contributed by atoms with Crippen LogP contribution in [0.2, 0.25) is 0 Å². The third-order valence-electron chi connectivity index (χ3n) is 4.51. The van der Waals surface area contributed by atoms with E-state index in [1.165, 1.54) is 11.3 Å². The van der Waals surface area contributed by atoms with Crippen molar-refractivity contribution in [2.45, 2.75) is 6.42 Å². The van der Waals surface area contributed by atoms with E-state index in [1.54, 1.807) is 38.0 Å². The number of thiazole rings is 1. The molecule has 2 aromatic heterocycles. The highest BCUT2D eigenvalue weighted by Gasteiger charge is 2.15. The Hall–Kier alpha value is -3.59. The zero-order valence-electron chi connectivity index (χ0n) is 16.7. The number of anilines is 1. The fourth-order valence-corrected chi connectivity index (χ4v) is 3.89. The fourth-order valence-electron chi connectivity index (χ4n) is 3.06. The predicted molar refractivity (Wildman–Crippen MR) is 115 cm³/mol. The smallest absolute Gasteiger partial charge is 0.250 e. The van der Waals surface area contributed by atoms with Crippen molar-refractivity contribution in [3.8, 4) is 28.5 Å². The van der Waals surface area contributed by atoms with Gasteiger partial charge in [0.2, 0.25) is 16.8 Å². The molecule has 1 amide bonds. The number of rotatable bonds is 7. The number of hydrogen-bond donors (Lipinski definition) is 1. The molecular formula is C21H20N4O4S. The molecule has 0 aliphatic carbocycles. The Morgan fingerprint density at radius 3 is 2.67 bits per heavy atom. The number of carbonyl (C=O) groups is 1. The van der Waals surface area contributed by atoms with Crippen molar-refractivity contribution in [1.29, 1.82) is 0 Å². The molecular weight excluding hydrogens is 404 g/mol. The van der Waals surface area contributed by atoms with Gasteiger partial charge in [-0.3, -0.25) is 10.1 Å². The molecule has 0 aliphatic heterocycles. The normalized spacial score (nSPS) is 10.8. The molecule has 4 rings (SSSR count). The van der Waals surface area contributed by atoms with Gasteiger partial charge in [0.05, 0.1) is 33.4 Å². The largest absolute Gasteiger partial charge is 0.497 e. The molecule has 0 saturated carbocycles. The number of ether oxygens (including phenoxy) is 3. The van der Waals surface area contributed by atoms with Crippen LogP contribution in [0.4, 0.5) is 5.95 Å². The monoisotopic (exact) mass is 424 g/mol. The zero-order valence-corrected chi connectivity index (χ0v) is 17.5. The summed E-state index contributed by atoms with van der Waals surface area (Å²) in [6, 6.07) is 13.1. The number of nitrogens with one attached hydrogen (secondary N) is 1. The molecule has 30 heavy (non-hydrogen) atoms. The summed E-state index contributed by atoms with van der Waals surface area (Å²) in [6.45, 7) is 0. The molecule has 0 saturated heterocycles. The number of fused-ring (bicyclic) bond motifs is 1. The molecule has 0 aliphatic rings. The van der Waals surface area contributed by atoms with E-state index in [2.05, 4.69) is 15.4 Å². The minimum absolute atomic E-state index is 0.163. The van der Waals surface area contributed by atoms with Gasteiger partial charge in [-0.25, -0.2) is 4.52 Å². The van der Waals surface area contributed by atoms with Crippen LogP contribution in [0, 0.1) is 0 Å². The van der Waals surface area contributed by atoms with Crippen LogP contribution >= 0.6 is 11.3 Å². The summed E-state index contributed by atoms with van der Waals surface area (Å²) < 4.78 is 17.5. The number of aromatic nitrogens is 3. The van der Waals surface area contributed by atoms with E-state index in [1.807, 2.05) is 35.7 Å². The SMILES string of the molecule is COc1cccc(-c2csc3nc(NC(=O)Cc4ccc(OC)c(OC)c4)nn23)c1. The van der Waals surface area contributed by atoms with Crippen LogP contribution in [0.3, 0.4) is 0 Å². The molecule has 0 bridgehead atoms. The zero-order chi connectivity index (χ0) is 21.1. The molecule has 0 fully saturated rings. The van der Waals surface area contributed by atoms with Gasteiger partial charge in [0, 0.05) is 10.9 Å². The lowest BCUT2D eigenvalue weighted by atomic mass is 10.1. The van der Waals surface area contributed by atoms with Gasteiger partial charge in [0.1, 0.15) is 5.75 Å². The van der Waals surface area contributed by atoms with E-state index in [9.17, 15) is 4.79 Å². The van der Waals surface area contributed by atoms with Gasteiger partial charge in [-0.15, -0.1) is 16.4 Å². The number of methoxy groups -OCH3 is 3. The number of amides is 1. The lowest BCUT2D eigenvalue weighted by molar-refractivity contribution is -0.115. The van der Waals surface area contributed by atoms with Gasteiger partial charge in [-0.2, -0.15) is 4.98 Å². The van der Waals surface area contributed by atoms with Crippen LogP contribution in [-0.4, -0.2) is 41.8 Å². The summed E-state index contributed by atoms with van der Waals surface area (Å²) in [5, 5.41) is 9.18. The van der Waals surface area contributed by atoms with Crippen molar-refractivity contribution < 1.29 is 19.0 Å². The van der Waals surface area contributed by atoms with E-state index >= 15 is 0 Å². The van der Waals surface area contributed by atoms with Crippen molar-refractivity contribution in [1.82, 2.24) is 14.6 Å². The van der Waals surface area contributed by atoms with Gasteiger partial charge >= 0.3 is 0 Å². The van der Waals surface area contributed by atoms with Crippen molar-refractivity contribution >= 4 is 28.2 Å². The maximum atomic E-state index is 12.5. The maximum absolute atomic E-state index is 12.5. The Balaban J connectivity index is 1.52. The highest BCUT2D eigenvalue weighted by Crippen LogP contribution is 2.29. The standard InChI is InChI=1S/C21H20N4O4S/c1-27-15-6-4-5-14(11-15)16-12-30-21-23-20(24-25(16)21)22-19(26)10-13-7-8-17(28-2)18(9-13)29-3/h4-9,11-12H,10H2,1-3H3,(H,22,24,26). The van der Waals surface area contributed by atoms with Crippen LogP contribution in [0.5, 0.6) is 17.2 Å². The second kappa shape index (κ2) is 8.42.